The van der Waals surface area contributed by atoms with E-state index < -0.39 is 0 Å². The summed E-state index contributed by atoms with van der Waals surface area (Å²) >= 11 is 1.65. The van der Waals surface area contributed by atoms with Gasteiger partial charge < -0.3 is 15.8 Å². The Morgan fingerprint density at radius 1 is 1.43 bits per heavy atom. The number of anilines is 2. The van der Waals surface area contributed by atoms with Crippen molar-refractivity contribution < 1.29 is 9.53 Å². The Labute approximate surface area is 128 Å². The molecule has 0 saturated heterocycles. The molecule has 0 aliphatic carbocycles. The molecule has 0 unspecified atom stereocenters. The zero-order chi connectivity index (χ0) is 15.2. The fraction of sp³-hybridized carbons (Fsp3) is 0.267. The van der Waals surface area contributed by atoms with E-state index in [1.54, 1.807) is 36.6 Å². The highest BCUT2D eigenvalue weighted by atomic mass is 32.1. The number of nitrogen functional groups attached to an aromatic ring is 1. The number of rotatable bonds is 6. The van der Waals surface area contributed by atoms with Gasteiger partial charge in [0.2, 0.25) is 5.91 Å². The summed E-state index contributed by atoms with van der Waals surface area (Å²) in [5.74, 6) is 0.495. The lowest BCUT2D eigenvalue weighted by Crippen LogP contribution is -2.29. The molecule has 112 valence electrons. The molecule has 0 aliphatic rings. The van der Waals surface area contributed by atoms with Crippen LogP contribution in [0.5, 0.6) is 5.75 Å². The highest BCUT2D eigenvalue weighted by Gasteiger charge is 2.11. The lowest BCUT2D eigenvalue weighted by atomic mass is 10.2. The number of hydrogen-bond donors (Lipinski definition) is 2. The quantitative estimate of drug-likeness (QED) is 0.804. The zero-order valence-corrected chi connectivity index (χ0v) is 12.9. The number of amides is 1. The van der Waals surface area contributed by atoms with Crippen molar-refractivity contribution in [1.29, 1.82) is 0 Å². The normalized spacial score (nSPS) is 10.6. The summed E-state index contributed by atoms with van der Waals surface area (Å²) in [4.78, 5) is 14.0. The summed E-state index contributed by atoms with van der Waals surface area (Å²) in [5, 5.41) is 6.94. The predicted molar refractivity (Wildman–Crippen MR) is 86.7 cm³/mol. The van der Waals surface area contributed by atoms with Gasteiger partial charge in [-0.15, -0.1) is 0 Å². The van der Waals surface area contributed by atoms with Crippen LogP contribution in [0.3, 0.4) is 0 Å². The number of thiophene rings is 1. The van der Waals surface area contributed by atoms with Crippen LogP contribution in [0.15, 0.2) is 35.0 Å². The van der Waals surface area contributed by atoms with Gasteiger partial charge in [0.1, 0.15) is 5.75 Å². The van der Waals surface area contributed by atoms with Crippen LogP contribution in [0.2, 0.25) is 0 Å². The minimum absolute atomic E-state index is 0.100. The Morgan fingerprint density at radius 3 is 2.90 bits per heavy atom. The van der Waals surface area contributed by atoms with Crippen molar-refractivity contribution in [2.45, 2.75) is 6.54 Å². The minimum Gasteiger partial charge on any atom is -0.495 e. The molecule has 21 heavy (non-hydrogen) atoms. The second kappa shape index (κ2) is 7.10. The number of nitrogens with two attached hydrogens (primary N) is 1. The van der Waals surface area contributed by atoms with Crippen molar-refractivity contribution >= 4 is 28.6 Å². The maximum atomic E-state index is 12.1. The number of nitrogens with one attached hydrogen (secondary N) is 1. The fourth-order valence-corrected chi connectivity index (χ4v) is 2.67. The third-order valence-electron chi connectivity index (χ3n) is 2.94. The lowest BCUT2D eigenvalue weighted by molar-refractivity contribution is -0.117. The van der Waals surface area contributed by atoms with Crippen LogP contribution in [0, 0.1) is 0 Å². The Kier molecular flexibility index (Phi) is 5.19. The molecule has 0 bridgehead atoms. The number of methoxy groups -OCH3 is 1. The molecule has 2 aromatic rings. The monoisotopic (exact) mass is 305 g/mol. The van der Waals surface area contributed by atoms with E-state index in [4.69, 9.17) is 10.5 Å². The summed E-state index contributed by atoms with van der Waals surface area (Å²) in [7, 11) is 3.47. The fourth-order valence-electron chi connectivity index (χ4n) is 2.01. The Hall–Kier alpha value is -2.05. The predicted octanol–water partition coefficient (Wildman–Crippen LogP) is 2.41. The highest BCUT2D eigenvalue weighted by molar-refractivity contribution is 7.07. The van der Waals surface area contributed by atoms with E-state index in [0.29, 0.717) is 23.7 Å². The Bertz CT molecular complexity index is 599. The third kappa shape index (κ3) is 4.47. The molecule has 3 N–H and O–H groups in total. The number of ether oxygens (including phenoxy) is 1. The molecule has 0 spiro atoms. The minimum atomic E-state index is -0.100. The average Bonchev–Trinajstić information content (AvgIpc) is 2.91. The van der Waals surface area contributed by atoms with Crippen LogP contribution in [-0.2, 0) is 11.3 Å². The van der Waals surface area contributed by atoms with E-state index in [1.807, 2.05) is 17.3 Å². The van der Waals surface area contributed by atoms with Gasteiger partial charge in [-0.25, -0.2) is 0 Å². The van der Waals surface area contributed by atoms with Crippen molar-refractivity contribution in [2.75, 3.05) is 31.8 Å². The van der Waals surface area contributed by atoms with Crippen molar-refractivity contribution in [1.82, 2.24) is 4.90 Å². The summed E-state index contributed by atoms with van der Waals surface area (Å²) < 4.78 is 5.21. The molecule has 1 aromatic heterocycles. The van der Waals surface area contributed by atoms with E-state index in [-0.39, 0.29) is 5.91 Å². The van der Waals surface area contributed by atoms with Gasteiger partial charge in [0.15, 0.2) is 0 Å². The number of likely N-dealkylation sites (N-methyl/N-ethyl adjacent to an activating group) is 1. The molecule has 0 fully saturated rings. The summed E-state index contributed by atoms with van der Waals surface area (Å²) in [6.45, 7) is 1.04. The number of nitrogens with zero attached hydrogens (tertiary/aromatic N) is 1. The molecule has 1 aromatic carbocycles. The molecule has 0 radical (unpaired) electrons. The second-order valence-corrected chi connectivity index (χ2v) is 5.59. The lowest BCUT2D eigenvalue weighted by Gasteiger charge is -2.16. The van der Waals surface area contributed by atoms with Crippen LogP contribution >= 0.6 is 11.3 Å². The van der Waals surface area contributed by atoms with E-state index in [1.165, 1.54) is 5.56 Å². The molecule has 6 heteroatoms. The summed E-state index contributed by atoms with van der Waals surface area (Å²) in [5.41, 5.74) is 8.11. The van der Waals surface area contributed by atoms with Gasteiger partial charge >= 0.3 is 0 Å². The third-order valence-corrected chi connectivity index (χ3v) is 3.68. The van der Waals surface area contributed by atoms with Crippen LogP contribution in [0.4, 0.5) is 11.4 Å². The van der Waals surface area contributed by atoms with Crippen molar-refractivity contribution in [3.63, 3.8) is 0 Å². The van der Waals surface area contributed by atoms with E-state index >= 15 is 0 Å². The van der Waals surface area contributed by atoms with Gasteiger partial charge in [-0.1, -0.05) is 0 Å². The van der Waals surface area contributed by atoms with Gasteiger partial charge in [0.25, 0.3) is 0 Å². The molecule has 0 atom stereocenters. The molecular weight excluding hydrogens is 286 g/mol. The smallest absolute Gasteiger partial charge is 0.238 e. The van der Waals surface area contributed by atoms with Crippen molar-refractivity contribution in [3.05, 3.63) is 40.6 Å². The first-order chi connectivity index (χ1) is 10.1. The number of hydrogen-bond acceptors (Lipinski definition) is 5. The Balaban J connectivity index is 1.93. The number of carbonyl (C=O) groups is 1. The standard InChI is InChI=1S/C15H19N3O2S/c1-18(8-11-5-6-21-10-11)9-15(19)17-13-7-12(16)3-4-14(13)20-2/h3-7,10H,8-9,16H2,1-2H3,(H,17,19). The van der Waals surface area contributed by atoms with Gasteiger partial charge in [-0.2, -0.15) is 11.3 Å². The molecule has 5 nitrogen and oxygen atoms in total. The van der Waals surface area contributed by atoms with Gasteiger partial charge in [-0.3, -0.25) is 9.69 Å². The first kappa shape index (κ1) is 15.3. The first-order valence-electron chi connectivity index (χ1n) is 6.51. The molecular formula is C15H19N3O2S. The average molecular weight is 305 g/mol. The number of benzene rings is 1. The summed E-state index contributed by atoms with van der Waals surface area (Å²) in [6.07, 6.45) is 0. The highest BCUT2D eigenvalue weighted by Crippen LogP contribution is 2.26. The van der Waals surface area contributed by atoms with E-state index in [2.05, 4.69) is 16.8 Å². The van der Waals surface area contributed by atoms with E-state index in [0.717, 1.165) is 6.54 Å². The van der Waals surface area contributed by atoms with Crippen LogP contribution in [-0.4, -0.2) is 31.5 Å². The maximum Gasteiger partial charge on any atom is 0.238 e. The second-order valence-electron chi connectivity index (χ2n) is 4.81. The summed E-state index contributed by atoms with van der Waals surface area (Å²) in [6, 6.07) is 7.22. The van der Waals surface area contributed by atoms with Gasteiger partial charge in [0.05, 0.1) is 19.3 Å². The van der Waals surface area contributed by atoms with Crippen molar-refractivity contribution in [2.24, 2.45) is 0 Å². The largest absolute Gasteiger partial charge is 0.495 e. The SMILES string of the molecule is COc1ccc(N)cc1NC(=O)CN(C)Cc1ccsc1. The first-order valence-corrected chi connectivity index (χ1v) is 7.45. The van der Waals surface area contributed by atoms with Gasteiger partial charge in [-0.05, 0) is 47.6 Å². The topological polar surface area (TPSA) is 67.6 Å². The van der Waals surface area contributed by atoms with Crippen molar-refractivity contribution in [3.8, 4) is 5.75 Å². The number of carbonyl (C=O) groups excluding carboxylic acids is 1. The zero-order valence-electron chi connectivity index (χ0n) is 12.1. The van der Waals surface area contributed by atoms with E-state index in [9.17, 15) is 4.79 Å². The van der Waals surface area contributed by atoms with Crippen LogP contribution in [0.1, 0.15) is 5.56 Å². The Morgan fingerprint density at radius 2 is 2.24 bits per heavy atom. The van der Waals surface area contributed by atoms with Gasteiger partial charge in [0, 0.05) is 12.2 Å². The molecule has 1 amide bonds. The molecule has 1 heterocycles. The molecule has 0 aliphatic heterocycles. The maximum absolute atomic E-state index is 12.1. The molecule has 2 rings (SSSR count). The van der Waals surface area contributed by atoms with Crippen LogP contribution in [0.25, 0.3) is 0 Å². The molecule has 0 saturated carbocycles. The van der Waals surface area contributed by atoms with Crippen LogP contribution < -0.4 is 15.8 Å².